The van der Waals surface area contributed by atoms with Crippen molar-refractivity contribution in [3.05, 3.63) is 97.0 Å². The van der Waals surface area contributed by atoms with Gasteiger partial charge in [0.05, 0.1) is 12.2 Å². The van der Waals surface area contributed by atoms with Gasteiger partial charge in [-0.25, -0.2) is 4.98 Å². The van der Waals surface area contributed by atoms with Gasteiger partial charge in [0.1, 0.15) is 17.3 Å². The Morgan fingerprint density at radius 1 is 0.714 bits per heavy atom. The molecule has 0 unspecified atom stereocenters. The molecule has 6 heteroatoms. The highest BCUT2D eigenvalue weighted by Gasteiger charge is 2.02. The molecular weight excluding hydrogens is 350 g/mol. The molecule has 0 fully saturated rings. The van der Waals surface area contributed by atoms with E-state index in [-0.39, 0.29) is 0 Å². The zero-order valence-corrected chi connectivity index (χ0v) is 15.1. The third kappa shape index (κ3) is 4.82. The van der Waals surface area contributed by atoms with Crippen LogP contribution in [0.5, 0.6) is 11.5 Å². The van der Waals surface area contributed by atoms with Gasteiger partial charge in [-0.05, 0) is 54.6 Å². The molecule has 2 heterocycles. The number of aromatic nitrogens is 3. The van der Waals surface area contributed by atoms with Gasteiger partial charge in [-0.1, -0.05) is 24.3 Å². The van der Waals surface area contributed by atoms with Crippen LogP contribution in [0, 0.1) is 0 Å². The third-order valence-electron chi connectivity index (χ3n) is 3.91. The van der Waals surface area contributed by atoms with E-state index in [0.29, 0.717) is 18.3 Å². The zero-order chi connectivity index (χ0) is 19.0. The van der Waals surface area contributed by atoms with E-state index in [2.05, 4.69) is 25.6 Å². The Balaban J connectivity index is 1.37. The minimum absolute atomic E-state index is 0.541. The highest BCUT2D eigenvalue weighted by Crippen LogP contribution is 2.24. The van der Waals surface area contributed by atoms with Gasteiger partial charge < -0.3 is 15.4 Å². The lowest BCUT2D eigenvalue weighted by molar-refractivity contribution is 0.483. The van der Waals surface area contributed by atoms with E-state index in [9.17, 15) is 0 Å². The molecule has 4 rings (SSSR count). The van der Waals surface area contributed by atoms with Crippen LogP contribution in [0.25, 0.3) is 0 Å². The van der Waals surface area contributed by atoms with E-state index >= 15 is 0 Å². The average molecular weight is 369 g/mol. The van der Waals surface area contributed by atoms with E-state index in [0.717, 1.165) is 22.9 Å². The van der Waals surface area contributed by atoms with Crippen molar-refractivity contribution in [3.8, 4) is 11.5 Å². The maximum Gasteiger partial charge on any atom is 0.224 e. The molecule has 0 aliphatic carbocycles. The van der Waals surface area contributed by atoms with Gasteiger partial charge in [0, 0.05) is 18.1 Å². The van der Waals surface area contributed by atoms with Crippen molar-refractivity contribution in [2.75, 3.05) is 10.6 Å². The van der Waals surface area contributed by atoms with Crippen LogP contribution in [0.15, 0.2) is 91.3 Å². The van der Waals surface area contributed by atoms with Crippen molar-refractivity contribution in [3.63, 3.8) is 0 Å². The number of benzene rings is 2. The number of hydrogen-bond acceptors (Lipinski definition) is 6. The molecule has 0 atom stereocenters. The van der Waals surface area contributed by atoms with Crippen LogP contribution < -0.4 is 15.4 Å². The second-order valence-corrected chi connectivity index (χ2v) is 6.00. The first kappa shape index (κ1) is 17.5. The second kappa shape index (κ2) is 8.64. The summed E-state index contributed by atoms with van der Waals surface area (Å²) in [6.45, 7) is 0.565. The SMILES string of the molecule is c1ccc(Oc2ccc(Nc3ccnc(NCc4ccccn4)n3)cc2)cc1. The van der Waals surface area contributed by atoms with Crippen LogP contribution >= 0.6 is 0 Å². The predicted octanol–water partition coefficient (Wildman–Crippen LogP) is 5.02. The first-order chi connectivity index (χ1) is 13.8. The smallest absolute Gasteiger partial charge is 0.224 e. The summed E-state index contributed by atoms with van der Waals surface area (Å²) in [5.74, 6) is 2.83. The number of nitrogens with zero attached hydrogens (tertiary/aromatic N) is 3. The fourth-order valence-electron chi connectivity index (χ4n) is 2.56. The summed E-state index contributed by atoms with van der Waals surface area (Å²) in [6, 6.07) is 25.0. The minimum Gasteiger partial charge on any atom is -0.457 e. The summed E-state index contributed by atoms with van der Waals surface area (Å²) in [4.78, 5) is 13.0. The van der Waals surface area contributed by atoms with E-state index in [1.807, 2.05) is 78.9 Å². The van der Waals surface area contributed by atoms with Gasteiger partial charge in [0.25, 0.3) is 0 Å². The quantitative estimate of drug-likeness (QED) is 0.477. The molecule has 0 bridgehead atoms. The molecule has 4 aromatic rings. The highest BCUT2D eigenvalue weighted by molar-refractivity contribution is 5.58. The molecule has 138 valence electrons. The first-order valence-corrected chi connectivity index (χ1v) is 8.92. The predicted molar refractivity (Wildman–Crippen MR) is 110 cm³/mol. The van der Waals surface area contributed by atoms with E-state index in [1.165, 1.54) is 0 Å². The molecule has 0 aliphatic rings. The molecule has 0 aliphatic heterocycles. The van der Waals surface area contributed by atoms with Gasteiger partial charge in [0.2, 0.25) is 5.95 Å². The van der Waals surface area contributed by atoms with Crippen molar-refractivity contribution in [2.45, 2.75) is 6.54 Å². The molecule has 2 aromatic heterocycles. The lowest BCUT2D eigenvalue weighted by Gasteiger charge is -2.09. The fraction of sp³-hybridized carbons (Fsp3) is 0.0455. The minimum atomic E-state index is 0.541. The lowest BCUT2D eigenvalue weighted by Crippen LogP contribution is -2.05. The third-order valence-corrected chi connectivity index (χ3v) is 3.91. The molecule has 2 aromatic carbocycles. The van der Waals surface area contributed by atoms with Crippen molar-refractivity contribution < 1.29 is 4.74 Å². The molecule has 0 saturated carbocycles. The standard InChI is InChI=1S/C22H19N5O/c1-2-7-19(8-3-1)28-20-11-9-17(10-12-20)26-21-13-15-24-22(27-21)25-16-18-6-4-5-14-23-18/h1-15H,16H2,(H2,24,25,26,27). The Hall–Kier alpha value is -3.93. The van der Waals surface area contributed by atoms with Crippen molar-refractivity contribution in [1.29, 1.82) is 0 Å². The molecule has 0 radical (unpaired) electrons. The average Bonchev–Trinajstić information content (AvgIpc) is 2.76. The van der Waals surface area contributed by atoms with E-state index < -0.39 is 0 Å². The molecule has 28 heavy (non-hydrogen) atoms. The number of para-hydroxylation sites is 1. The van der Waals surface area contributed by atoms with Gasteiger partial charge in [-0.2, -0.15) is 4.98 Å². The van der Waals surface area contributed by atoms with Gasteiger partial charge in [-0.3, -0.25) is 4.98 Å². The van der Waals surface area contributed by atoms with Crippen LogP contribution in [0.1, 0.15) is 5.69 Å². The molecular formula is C22H19N5O. The van der Waals surface area contributed by atoms with Crippen LogP contribution in [0.3, 0.4) is 0 Å². The largest absolute Gasteiger partial charge is 0.457 e. The van der Waals surface area contributed by atoms with Crippen LogP contribution in [0.2, 0.25) is 0 Å². The number of hydrogen-bond donors (Lipinski definition) is 2. The summed E-state index contributed by atoms with van der Waals surface area (Å²) < 4.78 is 5.81. The molecule has 2 N–H and O–H groups in total. The fourth-order valence-corrected chi connectivity index (χ4v) is 2.56. The van der Waals surface area contributed by atoms with E-state index in [4.69, 9.17) is 4.74 Å². The van der Waals surface area contributed by atoms with Crippen molar-refractivity contribution in [1.82, 2.24) is 15.0 Å². The molecule has 0 amide bonds. The molecule has 0 spiro atoms. The number of ether oxygens (including phenoxy) is 1. The van der Waals surface area contributed by atoms with Gasteiger partial charge in [0.15, 0.2) is 0 Å². The lowest BCUT2D eigenvalue weighted by atomic mass is 10.3. The summed E-state index contributed by atoms with van der Waals surface area (Å²) in [5, 5.41) is 6.45. The number of anilines is 3. The Bertz CT molecular complexity index is 1010. The first-order valence-electron chi connectivity index (χ1n) is 8.92. The number of pyridine rings is 1. The number of rotatable bonds is 7. The normalized spacial score (nSPS) is 10.3. The van der Waals surface area contributed by atoms with Gasteiger partial charge >= 0.3 is 0 Å². The van der Waals surface area contributed by atoms with Gasteiger partial charge in [-0.15, -0.1) is 0 Å². The molecule has 6 nitrogen and oxygen atoms in total. The maximum atomic E-state index is 5.81. The van der Waals surface area contributed by atoms with Crippen LogP contribution in [-0.2, 0) is 6.54 Å². The summed E-state index contributed by atoms with van der Waals surface area (Å²) in [5.41, 5.74) is 1.84. The number of nitrogens with one attached hydrogen (secondary N) is 2. The molecule has 0 saturated heterocycles. The highest BCUT2D eigenvalue weighted by atomic mass is 16.5. The Morgan fingerprint density at radius 2 is 1.50 bits per heavy atom. The summed E-state index contributed by atoms with van der Waals surface area (Å²) >= 11 is 0. The zero-order valence-electron chi connectivity index (χ0n) is 15.1. The van der Waals surface area contributed by atoms with Crippen LogP contribution in [0.4, 0.5) is 17.5 Å². The maximum absolute atomic E-state index is 5.81. The van der Waals surface area contributed by atoms with E-state index in [1.54, 1.807) is 12.4 Å². The Labute approximate surface area is 163 Å². The monoisotopic (exact) mass is 369 g/mol. The van der Waals surface area contributed by atoms with Crippen molar-refractivity contribution in [2.24, 2.45) is 0 Å². The topological polar surface area (TPSA) is 72.0 Å². The van der Waals surface area contributed by atoms with Crippen molar-refractivity contribution >= 4 is 17.5 Å². The summed E-state index contributed by atoms with van der Waals surface area (Å²) in [6.07, 6.45) is 3.48. The summed E-state index contributed by atoms with van der Waals surface area (Å²) in [7, 11) is 0. The van der Waals surface area contributed by atoms with Crippen LogP contribution in [-0.4, -0.2) is 15.0 Å². The Kier molecular flexibility index (Phi) is 5.39. The Morgan fingerprint density at radius 3 is 2.29 bits per heavy atom. The second-order valence-electron chi connectivity index (χ2n) is 6.00.